The fourth-order valence-electron chi connectivity index (χ4n) is 4.38. The summed E-state index contributed by atoms with van der Waals surface area (Å²) in [6, 6.07) is 17.6. The molecule has 3 aromatic rings. The first-order valence-corrected chi connectivity index (χ1v) is 13.5. The third-order valence-corrected chi connectivity index (χ3v) is 10.4. The fraction of sp³-hybridized carbons (Fsp3) is 0.208. The van der Waals surface area contributed by atoms with Gasteiger partial charge >= 0.3 is 0 Å². The zero-order chi connectivity index (χ0) is 24.7. The van der Waals surface area contributed by atoms with E-state index in [1.807, 2.05) is 0 Å². The van der Waals surface area contributed by atoms with E-state index in [4.69, 9.17) is 15.2 Å². The van der Waals surface area contributed by atoms with E-state index in [0.717, 1.165) is 5.56 Å². The second-order valence-electron chi connectivity index (χ2n) is 7.88. The lowest BCUT2D eigenvalue weighted by atomic mass is 9.96. The van der Waals surface area contributed by atoms with E-state index >= 15 is 0 Å². The Morgan fingerprint density at radius 2 is 1.68 bits per heavy atom. The van der Waals surface area contributed by atoms with Crippen LogP contribution < -0.4 is 15.2 Å². The van der Waals surface area contributed by atoms with Crippen LogP contribution in [0.4, 0.5) is 0 Å². The second kappa shape index (κ2) is 8.95. The van der Waals surface area contributed by atoms with E-state index < -0.39 is 36.8 Å². The Labute approximate surface area is 199 Å². The number of ether oxygens (including phenoxy) is 2. The van der Waals surface area contributed by atoms with Gasteiger partial charge in [-0.25, -0.2) is 8.42 Å². The maximum absolute atomic E-state index is 13.8. The molecule has 0 radical (unpaired) electrons. The quantitative estimate of drug-likeness (QED) is 0.446. The number of carbonyl (C=O) groups is 1. The van der Waals surface area contributed by atoms with E-state index in [0.29, 0.717) is 17.1 Å². The predicted molar refractivity (Wildman–Crippen MR) is 129 cm³/mol. The third-order valence-electron chi connectivity index (χ3n) is 5.96. The molecule has 0 bridgehead atoms. The molecule has 0 spiro atoms. The smallest absolute Gasteiger partial charge is 0.241 e. The fourth-order valence-corrected chi connectivity index (χ4v) is 9.17. The van der Waals surface area contributed by atoms with Crippen molar-refractivity contribution in [3.05, 3.63) is 83.4 Å². The molecule has 8 nitrogen and oxygen atoms in total. The van der Waals surface area contributed by atoms with Crippen LogP contribution in [0.3, 0.4) is 0 Å². The average Bonchev–Trinajstić information content (AvgIpc) is 3.08. The van der Waals surface area contributed by atoms with Gasteiger partial charge in [0.25, 0.3) is 0 Å². The van der Waals surface area contributed by atoms with Gasteiger partial charge in [-0.3, -0.25) is 13.9 Å². The summed E-state index contributed by atoms with van der Waals surface area (Å²) in [6.45, 7) is 0. The van der Waals surface area contributed by atoms with Gasteiger partial charge in [0.05, 0.1) is 24.0 Å². The number of sulfone groups is 1. The molecule has 0 fully saturated rings. The minimum Gasteiger partial charge on any atom is -0.497 e. The van der Waals surface area contributed by atoms with Crippen LogP contribution in [0.5, 0.6) is 11.5 Å². The molecule has 1 aliphatic rings. The molecule has 180 valence electrons. The number of rotatable bonds is 7. The molecule has 2 atom stereocenters. The van der Waals surface area contributed by atoms with Gasteiger partial charge in [0.1, 0.15) is 16.7 Å². The standard InChI is InChI=1S/C24H25NO7S2/c1-31-17-12-11-15(19(14-17)32-2)13-16-7-6-10-20-21(16)22(23(24(25)26)34(20,29)30)33(27,28)18-8-4-3-5-9-18/h3-12,14,22-23,29-30H,13H2,1-2H3,(H2,25,26). The van der Waals surface area contributed by atoms with Crippen LogP contribution in [-0.2, 0) is 21.1 Å². The Morgan fingerprint density at radius 1 is 0.971 bits per heavy atom. The van der Waals surface area contributed by atoms with Crippen LogP contribution in [0.1, 0.15) is 21.9 Å². The molecule has 10 heteroatoms. The molecule has 4 N–H and O–H groups in total. The Bertz CT molecular complexity index is 1340. The second-order valence-corrected chi connectivity index (χ2v) is 12.1. The number of fused-ring (bicyclic) bond motifs is 1. The van der Waals surface area contributed by atoms with Crippen molar-refractivity contribution in [3.8, 4) is 11.5 Å². The lowest BCUT2D eigenvalue weighted by Crippen LogP contribution is -2.37. The number of nitrogens with two attached hydrogens (primary N) is 1. The summed E-state index contributed by atoms with van der Waals surface area (Å²) in [4.78, 5) is 12.4. The molecule has 0 saturated carbocycles. The van der Waals surface area contributed by atoms with Crippen LogP contribution >= 0.6 is 10.6 Å². The van der Waals surface area contributed by atoms with Crippen molar-refractivity contribution in [2.45, 2.75) is 26.7 Å². The van der Waals surface area contributed by atoms with Gasteiger partial charge < -0.3 is 15.2 Å². The zero-order valence-corrected chi connectivity index (χ0v) is 20.2. The summed E-state index contributed by atoms with van der Waals surface area (Å²) in [5.41, 5.74) is 7.00. The first-order chi connectivity index (χ1) is 16.1. The molecule has 0 aromatic heterocycles. The normalized spacial score (nSPS) is 19.8. The summed E-state index contributed by atoms with van der Waals surface area (Å²) in [5, 5.41) is -3.26. The molecule has 1 heterocycles. The topological polar surface area (TPSA) is 136 Å². The highest BCUT2D eigenvalue weighted by atomic mass is 32.3. The van der Waals surface area contributed by atoms with Crippen LogP contribution in [-0.4, -0.2) is 42.9 Å². The van der Waals surface area contributed by atoms with E-state index in [9.17, 15) is 22.3 Å². The third kappa shape index (κ3) is 3.92. The molecule has 2 unspecified atom stereocenters. The summed E-state index contributed by atoms with van der Waals surface area (Å²) in [6.07, 6.45) is 0.220. The van der Waals surface area contributed by atoms with Gasteiger partial charge in [0.15, 0.2) is 15.1 Å². The van der Waals surface area contributed by atoms with Gasteiger partial charge in [-0.1, -0.05) is 36.4 Å². The molecule has 1 aliphatic heterocycles. The van der Waals surface area contributed by atoms with Gasteiger partial charge in [0, 0.05) is 12.5 Å². The summed E-state index contributed by atoms with van der Waals surface area (Å²) in [7, 11) is -5.00. The molecular formula is C24H25NO7S2. The van der Waals surface area contributed by atoms with E-state index in [1.165, 1.54) is 32.4 Å². The van der Waals surface area contributed by atoms with Crippen LogP contribution in [0.15, 0.2) is 76.5 Å². The highest BCUT2D eigenvalue weighted by Gasteiger charge is 2.55. The van der Waals surface area contributed by atoms with Crippen molar-refractivity contribution >= 4 is 26.3 Å². The van der Waals surface area contributed by atoms with Crippen molar-refractivity contribution in [2.75, 3.05) is 14.2 Å². The molecule has 0 saturated heterocycles. The lowest BCUT2D eigenvalue weighted by Gasteiger charge is -2.34. The molecule has 0 aliphatic carbocycles. The highest BCUT2D eigenvalue weighted by molar-refractivity contribution is 8.26. The Kier molecular flexibility index (Phi) is 6.34. The Morgan fingerprint density at radius 3 is 2.29 bits per heavy atom. The molecular weight excluding hydrogens is 478 g/mol. The summed E-state index contributed by atoms with van der Waals surface area (Å²) in [5.74, 6) is 0.0237. The van der Waals surface area contributed by atoms with Crippen LogP contribution in [0.2, 0.25) is 0 Å². The number of methoxy groups -OCH3 is 2. The molecule has 3 aromatic carbocycles. The predicted octanol–water partition coefficient (Wildman–Crippen LogP) is 3.79. The number of amides is 1. The SMILES string of the molecule is COc1ccc(Cc2cccc3c2C(S(=O)(=O)c2ccccc2)C(C(N)=O)S3(O)O)c(OC)c1. The van der Waals surface area contributed by atoms with Gasteiger partial charge in [0.2, 0.25) is 5.91 Å². The van der Waals surface area contributed by atoms with Crippen LogP contribution in [0.25, 0.3) is 0 Å². The number of hydrogen-bond donors (Lipinski definition) is 3. The minimum absolute atomic E-state index is 0.0192. The summed E-state index contributed by atoms with van der Waals surface area (Å²) >= 11 is 0. The van der Waals surface area contributed by atoms with Crippen molar-refractivity contribution in [1.82, 2.24) is 0 Å². The highest BCUT2D eigenvalue weighted by Crippen LogP contribution is 2.67. The zero-order valence-electron chi connectivity index (χ0n) is 18.5. The number of hydrogen-bond acceptors (Lipinski definition) is 7. The lowest BCUT2D eigenvalue weighted by molar-refractivity contribution is -0.117. The molecule has 1 amide bonds. The van der Waals surface area contributed by atoms with Gasteiger partial charge in [-0.2, -0.15) is 10.6 Å². The maximum atomic E-state index is 13.8. The van der Waals surface area contributed by atoms with E-state index in [2.05, 4.69) is 0 Å². The maximum Gasteiger partial charge on any atom is 0.241 e. The van der Waals surface area contributed by atoms with Crippen molar-refractivity contribution in [2.24, 2.45) is 5.73 Å². The van der Waals surface area contributed by atoms with E-state index in [1.54, 1.807) is 48.5 Å². The minimum atomic E-state index is -4.21. The first-order valence-electron chi connectivity index (χ1n) is 10.3. The largest absolute Gasteiger partial charge is 0.497 e. The Balaban J connectivity index is 1.93. The molecule has 4 rings (SSSR count). The number of primary amides is 1. The summed E-state index contributed by atoms with van der Waals surface area (Å²) < 4.78 is 60.3. The molecule has 34 heavy (non-hydrogen) atoms. The van der Waals surface area contributed by atoms with Crippen molar-refractivity contribution in [1.29, 1.82) is 0 Å². The van der Waals surface area contributed by atoms with Gasteiger partial charge in [-0.05, 0) is 41.0 Å². The van der Waals surface area contributed by atoms with Crippen molar-refractivity contribution in [3.63, 3.8) is 0 Å². The Hall–Kier alpha value is -3.05. The van der Waals surface area contributed by atoms with Gasteiger partial charge in [-0.15, -0.1) is 0 Å². The van der Waals surface area contributed by atoms with E-state index in [-0.39, 0.29) is 21.8 Å². The van der Waals surface area contributed by atoms with Crippen LogP contribution in [0, 0.1) is 0 Å². The monoisotopic (exact) mass is 503 g/mol. The van der Waals surface area contributed by atoms with Crippen molar-refractivity contribution < 1.29 is 31.8 Å². The number of carbonyl (C=O) groups excluding carboxylic acids is 1. The number of benzene rings is 3. The average molecular weight is 504 g/mol. The first kappa shape index (κ1) is 24.1.